The molecule has 0 spiro atoms. The second-order valence-electron chi connectivity index (χ2n) is 29.7. The number of aryl methyl sites for hydroxylation is 7. The van der Waals surface area contributed by atoms with Gasteiger partial charge in [-0.15, -0.1) is 0 Å². The Morgan fingerprint density at radius 1 is 0.708 bits per heavy atom. The lowest BCUT2D eigenvalue weighted by atomic mass is 9.98. The smallest absolute Gasteiger partial charge is 0.352 e. The van der Waals surface area contributed by atoms with Gasteiger partial charge in [-0.1, -0.05) is 77.8 Å². The van der Waals surface area contributed by atoms with Crippen LogP contribution in [0.3, 0.4) is 0 Å². The molecule has 1 atom stereocenters. The van der Waals surface area contributed by atoms with Crippen LogP contribution in [0.2, 0.25) is 10.0 Å². The van der Waals surface area contributed by atoms with Crippen molar-refractivity contribution in [1.82, 2.24) is 49.0 Å². The number of H-pyrrole nitrogens is 1. The second-order valence-corrected chi connectivity index (χ2v) is 32.1. The summed E-state index contributed by atoms with van der Waals surface area (Å²) in [6.45, 7) is 22.6. The number of carbonyl (C=O) groups is 3. The number of pyridine rings is 1. The molecule has 0 aliphatic carbocycles. The second kappa shape index (κ2) is 34.5. The van der Waals surface area contributed by atoms with Crippen molar-refractivity contribution in [2.75, 3.05) is 64.1 Å². The van der Waals surface area contributed by atoms with Gasteiger partial charge in [-0.05, 0) is 212 Å². The van der Waals surface area contributed by atoms with E-state index in [-0.39, 0.29) is 61.6 Å². The maximum absolute atomic E-state index is 14.7. The number of fused-ring (bicyclic) bond motifs is 3. The molecular weight excluding hydrogens is 1490 g/mol. The minimum atomic E-state index is -4.69. The van der Waals surface area contributed by atoms with Crippen LogP contribution in [-0.2, 0) is 65.5 Å². The van der Waals surface area contributed by atoms with Crippen molar-refractivity contribution in [3.63, 3.8) is 0 Å². The third kappa shape index (κ3) is 17.4. The number of sulfonamides is 1. The number of morpholine rings is 1. The summed E-state index contributed by atoms with van der Waals surface area (Å²) in [5.74, 6) is -0.821. The average Bonchev–Trinajstić information content (AvgIpc) is 1.59. The lowest BCUT2D eigenvalue weighted by molar-refractivity contribution is -0.00479. The number of benzene rings is 6. The Balaban J connectivity index is 0.709. The van der Waals surface area contributed by atoms with Crippen molar-refractivity contribution >= 4 is 89.3 Å². The number of piperidine rings is 1. The van der Waals surface area contributed by atoms with Gasteiger partial charge in [0.1, 0.15) is 35.2 Å². The summed E-state index contributed by atoms with van der Waals surface area (Å²) in [4.78, 5) is 53.8. The number of hydrogen-bond donors (Lipinski definition) is 4. The van der Waals surface area contributed by atoms with Crippen LogP contribution in [0, 0.1) is 34.6 Å². The standard InChI is InChI=1S/C87H95Cl2N11O12S/c1-52(2)111-64-31-35-98(36-32-64)62-21-23-63(24-22-62)110-51-73-78(57(7)93-96(73)9)71-18-12-17-69-70(84(87(103)104)99(83(69)71)38-37-97-39-43-107-44-40-97)20-14-42-109-75-49-60(48-61-15-10-11-16-66(61)75)47-55(5)100-58(8)77(56(6)94-100)79-72(88)26-25-68-67(19-13-41-108-65-45-53(3)80(89)54(4)46-65)82(92-81(68)79)86(102)95-113(105,106)76-28-27-74(112-76)85(101)91-50-59-29-33-90-34-30-59/h10-12,15-18,21-30,33-34,45-46,48-49,52,55,64,92H,13-14,19-20,31-32,35-44,47,50-51H2,1-9H3,(H,91,101)(H,95,102)(H,103,104). The maximum atomic E-state index is 14.7. The Morgan fingerprint density at radius 2 is 1.42 bits per heavy atom. The van der Waals surface area contributed by atoms with Gasteiger partial charge >= 0.3 is 5.97 Å². The number of nitrogens with one attached hydrogen (secondary N) is 3. The number of carboxylic acids is 1. The predicted molar refractivity (Wildman–Crippen MR) is 439 cm³/mol. The summed E-state index contributed by atoms with van der Waals surface area (Å²) in [5.41, 5.74) is 13.7. The van der Waals surface area contributed by atoms with Gasteiger partial charge in [0.2, 0.25) is 5.09 Å². The van der Waals surface area contributed by atoms with E-state index < -0.39 is 32.9 Å². The third-order valence-corrected chi connectivity index (χ3v) is 23.6. The van der Waals surface area contributed by atoms with Crippen LogP contribution in [0.25, 0.3) is 54.8 Å². The van der Waals surface area contributed by atoms with E-state index in [1.807, 2.05) is 116 Å². The number of aromatic nitrogens is 7. The quantitative estimate of drug-likeness (QED) is 0.0294. The summed E-state index contributed by atoms with van der Waals surface area (Å²) in [7, 11) is -2.76. The van der Waals surface area contributed by atoms with Gasteiger partial charge in [-0.2, -0.15) is 18.6 Å². The molecule has 14 rings (SSSR count). The van der Waals surface area contributed by atoms with Gasteiger partial charge in [-0.25, -0.2) is 9.52 Å². The normalized spacial score (nSPS) is 14.1. The highest BCUT2D eigenvalue weighted by atomic mass is 35.5. The van der Waals surface area contributed by atoms with Crippen molar-refractivity contribution in [3.05, 3.63) is 223 Å². The Morgan fingerprint density at radius 3 is 2.15 bits per heavy atom. The number of amides is 2. The molecule has 6 aromatic heterocycles. The van der Waals surface area contributed by atoms with Gasteiger partial charge in [0.05, 0.1) is 77.8 Å². The van der Waals surface area contributed by atoms with E-state index in [2.05, 4.69) is 87.0 Å². The number of anilines is 1. The fourth-order valence-electron chi connectivity index (χ4n) is 16.1. The Labute approximate surface area is 667 Å². The van der Waals surface area contributed by atoms with E-state index in [4.69, 9.17) is 61.5 Å². The first-order valence-corrected chi connectivity index (χ1v) is 40.8. The maximum Gasteiger partial charge on any atom is 0.352 e. The van der Waals surface area contributed by atoms with Gasteiger partial charge in [0.25, 0.3) is 21.8 Å². The van der Waals surface area contributed by atoms with Gasteiger partial charge in [0.15, 0.2) is 5.76 Å². The molecule has 12 aromatic rings. The SMILES string of the molecule is Cc1cc(OCCCc2c(C(=O)NS(=O)(=O)c3ccc(C(=O)NCc4ccncc4)o3)[nH]c3c(-c4c(C)nn(C(C)Cc5cc(OCCCc6c(C(=O)O)n(CCN7CCOCC7)c7c(-c8c(C)nn(C)c8COc8ccc(N9CCC(OC(C)C)CC9)cc8)cccc67)c6ccccc6c5)c4C)c(Cl)ccc23)cc(C)c1Cl. The van der Waals surface area contributed by atoms with Crippen LogP contribution in [0.15, 0.2) is 149 Å². The van der Waals surface area contributed by atoms with Crippen LogP contribution in [-0.4, -0.2) is 142 Å². The molecule has 4 N–H and O–H groups in total. The van der Waals surface area contributed by atoms with E-state index in [1.54, 1.807) is 30.6 Å². The number of aromatic carboxylic acids is 1. The molecule has 1 unspecified atom stereocenters. The van der Waals surface area contributed by atoms with E-state index in [1.165, 1.54) is 6.07 Å². The fourth-order valence-corrected chi connectivity index (χ4v) is 17.4. The topological polar surface area (TPSA) is 265 Å². The van der Waals surface area contributed by atoms with Crippen LogP contribution in [0.4, 0.5) is 5.69 Å². The summed E-state index contributed by atoms with van der Waals surface area (Å²) in [5, 5.41) is 28.1. The number of ether oxygens (including phenoxy) is 5. The minimum Gasteiger partial charge on any atom is -0.494 e. The predicted octanol–water partition coefficient (Wildman–Crippen LogP) is 16.3. The summed E-state index contributed by atoms with van der Waals surface area (Å²) < 4.78 is 73.3. The molecule has 2 saturated heterocycles. The molecule has 2 aliphatic rings. The average molecular weight is 1590 g/mol. The summed E-state index contributed by atoms with van der Waals surface area (Å²) >= 11 is 13.8. The van der Waals surface area contributed by atoms with E-state index in [0.717, 1.165) is 140 Å². The number of halogens is 2. The van der Waals surface area contributed by atoms with Gasteiger partial charge < -0.3 is 53.0 Å². The largest absolute Gasteiger partial charge is 0.494 e. The number of nitrogens with zero attached hydrogens (tertiary/aromatic N) is 8. The zero-order chi connectivity index (χ0) is 79.4. The number of aromatic amines is 1. The highest BCUT2D eigenvalue weighted by Gasteiger charge is 2.33. The van der Waals surface area contributed by atoms with Gasteiger partial charge in [0, 0.05) is 120 Å². The van der Waals surface area contributed by atoms with Crippen LogP contribution in [0.1, 0.15) is 140 Å². The Hall–Kier alpha value is -10.5. The molecule has 23 nitrogen and oxygen atoms in total. The van der Waals surface area contributed by atoms with E-state index in [0.29, 0.717) is 108 Å². The number of rotatable bonds is 31. The molecule has 0 saturated carbocycles. The third-order valence-electron chi connectivity index (χ3n) is 21.5. The van der Waals surface area contributed by atoms with Gasteiger partial charge in [-0.3, -0.25) is 28.8 Å². The molecule has 2 fully saturated rings. The van der Waals surface area contributed by atoms with Crippen molar-refractivity contribution in [2.24, 2.45) is 7.05 Å². The lowest BCUT2D eigenvalue weighted by Gasteiger charge is -2.34. The number of carbonyl (C=O) groups excluding carboxylic acids is 2. The van der Waals surface area contributed by atoms with Crippen LogP contribution < -0.4 is 29.1 Å². The molecule has 26 heteroatoms. The lowest BCUT2D eigenvalue weighted by Crippen LogP contribution is -2.38. The van der Waals surface area contributed by atoms with Crippen molar-refractivity contribution in [2.45, 2.75) is 143 Å². The van der Waals surface area contributed by atoms with Crippen molar-refractivity contribution < 1.29 is 56.0 Å². The highest BCUT2D eigenvalue weighted by Crippen LogP contribution is 2.44. The molecule has 113 heavy (non-hydrogen) atoms. The number of furan rings is 1. The minimum absolute atomic E-state index is 0.0232. The molecular formula is C87H95Cl2N11O12S. The fraction of sp³-hybridized carbons (Fsp3) is 0.356. The van der Waals surface area contributed by atoms with Crippen LogP contribution >= 0.6 is 23.2 Å². The summed E-state index contributed by atoms with van der Waals surface area (Å²) in [6, 6.07) is 39.7. The van der Waals surface area contributed by atoms with Crippen molar-refractivity contribution in [3.8, 4) is 39.5 Å². The monoisotopic (exact) mass is 1590 g/mol. The zero-order valence-corrected chi connectivity index (χ0v) is 67.5. The Bertz CT molecular complexity index is 5600. The number of carboxylic acid groups (broad SMARTS) is 1. The molecule has 2 amide bonds. The Kier molecular flexibility index (Phi) is 24.2. The first-order chi connectivity index (χ1) is 54.5. The first-order valence-electron chi connectivity index (χ1n) is 38.6. The molecule has 8 heterocycles. The van der Waals surface area contributed by atoms with E-state index in [9.17, 15) is 27.9 Å². The highest BCUT2D eigenvalue weighted by molar-refractivity contribution is 7.90. The first kappa shape index (κ1) is 79.2. The number of hydrogen-bond acceptors (Lipinski definition) is 16. The van der Waals surface area contributed by atoms with Crippen molar-refractivity contribution in [1.29, 1.82) is 0 Å². The molecule has 0 bridgehead atoms. The summed E-state index contributed by atoms with van der Waals surface area (Å²) in [6.07, 6.45) is 7.81. The zero-order valence-electron chi connectivity index (χ0n) is 65.1. The molecule has 6 aromatic carbocycles. The van der Waals surface area contributed by atoms with E-state index >= 15 is 0 Å². The molecule has 0 radical (unpaired) electrons. The number of para-hydroxylation sites is 1. The van der Waals surface area contributed by atoms with Crippen LogP contribution in [0.5, 0.6) is 17.2 Å². The molecule has 2 aliphatic heterocycles. The molecule has 590 valence electrons.